The molecule has 3 nitrogen and oxygen atoms in total. The predicted molar refractivity (Wildman–Crippen MR) is 84.8 cm³/mol. The third-order valence-corrected chi connectivity index (χ3v) is 3.68. The lowest BCUT2D eigenvalue weighted by atomic mass is 9.91. The van der Waals surface area contributed by atoms with Gasteiger partial charge >= 0.3 is 0 Å². The highest BCUT2D eigenvalue weighted by molar-refractivity contribution is 6.23. The van der Waals surface area contributed by atoms with Gasteiger partial charge in [0.15, 0.2) is 5.78 Å². The third kappa shape index (κ3) is 1.91. The minimum atomic E-state index is 0.0330. The molecule has 0 saturated heterocycles. The molecular formula is C18H12N2O. The van der Waals surface area contributed by atoms with Crippen molar-refractivity contribution < 1.29 is 4.79 Å². The summed E-state index contributed by atoms with van der Waals surface area (Å²) >= 11 is 0. The molecule has 2 aromatic carbocycles. The Balaban J connectivity index is 1.94. The van der Waals surface area contributed by atoms with E-state index in [0.717, 1.165) is 33.3 Å². The van der Waals surface area contributed by atoms with Crippen LogP contribution in [0.3, 0.4) is 0 Å². The molecule has 3 heteroatoms. The van der Waals surface area contributed by atoms with Crippen molar-refractivity contribution in [1.82, 2.24) is 4.98 Å². The first kappa shape index (κ1) is 11.9. The van der Waals surface area contributed by atoms with Gasteiger partial charge in [0.2, 0.25) is 0 Å². The quantitative estimate of drug-likeness (QED) is 0.760. The summed E-state index contributed by atoms with van der Waals surface area (Å²) in [5.41, 5.74) is 3.50. The number of nitrogens with zero attached hydrogens (tertiary/aromatic N) is 1. The van der Waals surface area contributed by atoms with E-state index in [-0.39, 0.29) is 5.78 Å². The number of nitrogens with one attached hydrogen (secondary N) is 1. The van der Waals surface area contributed by atoms with E-state index in [4.69, 9.17) is 0 Å². The zero-order chi connectivity index (χ0) is 14.2. The molecule has 1 aromatic heterocycles. The van der Waals surface area contributed by atoms with Gasteiger partial charge in [-0.2, -0.15) is 0 Å². The van der Waals surface area contributed by atoms with Gasteiger partial charge in [-0.15, -0.1) is 0 Å². The molecule has 0 atom stereocenters. The molecule has 3 aromatic rings. The smallest absolute Gasteiger partial charge is 0.188 e. The van der Waals surface area contributed by atoms with Crippen LogP contribution in [0.5, 0.6) is 0 Å². The average molecular weight is 272 g/mol. The van der Waals surface area contributed by atoms with Crippen molar-refractivity contribution in [3.8, 4) is 0 Å². The Morgan fingerprint density at radius 2 is 1.90 bits per heavy atom. The Kier molecular flexibility index (Phi) is 2.57. The molecule has 0 fully saturated rings. The van der Waals surface area contributed by atoms with Gasteiger partial charge in [-0.3, -0.25) is 9.78 Å². The van der Waals surface area contributed by atoms with Crippen LogP contribution >= 0.6 is 0 Å². The minimum Gasteiger partial charge on any atom is -0.354 e. The van der Waals surface area contributed by atoms with Gasteiger partial charge in [-0.1, -0.05) is 30.3 Å². The normalized spacial score (nSPS) is 12.7. The Hall–Kier alpha value is -2.94. The first-order chi connectivity index (χ1) is 10.3. The maximum absolute atomic E-state index is 12.3. The van der Waals surface area contributed by atoms with Crippen molar-refractivity contribution in [3.05, 3.63) is 72.1 Å². The molecule has 1 heterocycles. The number of anilines is 2. The van der Waals surface area contributed by atoms with Crippen LogP contribution in [0.15, 0.2) is 60.9 Å². The number of ketones is 1. The summed E-state index contributed by atoms with van der Waals surface area (Å²) in [6.45, 7) is 0. The third-order valence-electron chi connectivity index (χ3n) is 3.68. The van der Waals surface area contributed by atoms with Gasteiger partial charge in [0, 0.05) is 11.6 Å². The highest BCUT2D eigenvalue weighted by Gasteiger charge is 2.18. The number of rotatable bonds is 2. The fourth-order valence-corrected chi connectivity index (χ4v) is 2.75. The summed E-state index contributed by atoms with van der Waals surface area (Å²) < 4.78 is 0. The highest BCUT2D eigenvalue weighted by Crippen LogP contribution is 2.34. The molecule has 1 aliphatic rings. The van der Waals surface area contributed by atoms with Crippen LogP contribution < -0.4 is 5.32 Å². The van der Waals surface area contributed by atoms with Gasteiger partial charge in [0.25, 0.3) is 0 Å². The molecule has 0 unspecified atom stereocenters. The molecule has 0 spiro atoms. The van der Waals surface area contributed by atoms with Crippen molar-refractivity contribution in [2.24, 2.45) is 0 Å². The summed E-state index contributed by atoms with van der Waals surface area (Å²) in [6, 6.07) is 13.8. The number of benzene rings is 2. The highest BCUT2D eigenvalue weighted by atomic mass is 16.1. The Morgan fingerprint density at radius 3 is 2.76 bits per heavy atom. The number of aromatic nitrogens is 1. The molecule has 0 amide bonds. The minimum absolute atomic E-state index is 0.0330. The number of pyridine rings is 1. The van der Waals surface area contributed by atoms with E-state index in [0.29, 0.717) is 0 Å². The second-order valence-electron chi connectivity index (χ2n) is 5.00. The van der Waals surface area contributed by atoms with E-state index in [1.54, 1.807) is 18.5 Å². The number of carbonyl (C=O) groups excluding carboxylic acids is 1. The standard InChI is InChI=1S/C18H12N2O/c21-16-9-7-13-4-1-3-12-6-8-15(18(16)17(12)13)20-14-5-2-10-19-11-14/h1-11,20H. The van der Waals surface area contributed by atoms with Crippen molar-refractivity contribution in [3.63, 3.8) is 0 Å². The predicted octanol–water partition coefficient (Wildman–Crippen LogP) is 4.19. The molecule has 1 aliphatic carbocycles. The van der Waals surface area contributed by atoms with Crippen molar-refractivity contribution in [2.75, 3.05) is 5.32 Å². The van der Waals surface area contributed by atoms with Crippen LogP contribution in [0.1, 0.15) is 15.9 Å². The first-order valence-corrected chi connectivity index (χ1v) is 6.78. The monoisotopic (exact) mass is 272 g/mol. The summed E-state index contributed by atoms with van der Waals surface area (Å²) in [5.74, 6) is 0.0330. The maximum atomic E-state index is 12.3. The lowest BCUT2D eigenvalue weighted by molar-refractivity contribution is 0.104. The molecule has 21 heavy (non-hydrogen) atoms. The second kappa shape index (κ2) is 4.56. The summed E-state index contributed by atoms with van der Waals surface area (Å²) in [5, 5.41) is 5.38. The molecular weight excluding hydrogens is 260 g/mol. The fourth-order valence-electron chi connectivity index (χ4n) is 2.75. The Morgan fingerprint density at radius 1 is 0.952 bits per heavy atom. The lowest BCUT2D eigenvalue weighted by Gasteiger charge is -2.17. The largest absolute Gasteiger partial charge is 0.354 e. The van der Waals surface area contributed by atoms with E-state index in [1.165, 1.54) is 0 Å². The summed E-state index contributed by atoms with van der Waals surface area (Å²) in [7, 11) is 0. The van der Waals surface area contributed by atoms with E-state index in [2.05, 4.69) is 10.3 Å². The van der Waals surface area contributed by atoms with Gasteiger partial charge in [-0.05, 0) is 35.2 Å². The molecule has 0 aliphatic heterocycles. The van der Waals surface area contributed by atoms with Gasteiger partial charge in [0.1, 0.15) is 0 Å². The van der Waals surface area contributed by atoms with Gasteiger partial charge in [-0.25, -0.2) is 0 Å². The lowest BCUT2D eigenvalue weighted by Crippen LogP contribution is -2.06. The van der Waals surface area contributed by atoms with Crippen LogP contribution in [0.4, 0.5) is 11.4 Å². The number of allylic oxidation sites excluding steroid dienone is 1. The van der Waals surface area contributed by atoms with E-state index < -0.39 is 0 Å². The maximum Gasteiger partial charge on any atom is 0.188 e. The number of carbonyl (C=O) groups is 1. The van der Waals surface area contributed by atoms with Crippen LogP contribution in [0.2, 0.25) is 0 Å². The Bertz CT molecular complexity index is 882. The van der Waals surface area contributed by atoms with Gasteiger partial charge in [0.05, 0.1) is 23.1 Å². The Labute approximate surface area is 122 Å². The van der Waals surface area contributed by atoms with Crippen molar-refractivity contribution >= 4 is 34.0 Å². The molecule has 100 valence electrons. The van der Waals surface area contributed by atoms with Crippen LogP contribution in [-0.2, 0) is 0 Å². The van der Waals surface area contributed by atoms with E-state index in [1.807, 2.05) is 48.5 Å². The van der Waals surface area contributed by atoms with E-state index in [9.17, 15) is 4.79 Å². The topological polar surface area (TPSA) is 42.0 Å². The second-order valence-corrected chi connectivity index (χ2v) is 5.00. The molecule has 4 rings (SSSR count). The average Bonchev–Trinajstić information content (AvgIpc) is 2.53. The van der Waals surface area contributed by atoms with Crippen LogP contribution in [0.25, 0.3) is 16.8 Å². The SMILES string of the molecule is O=C1C=Cc2cccc3ccc(Nc4cccnc4)c1c23. The van der Waals surface area contributed by atoms with E-state index >= 15 is 0 Å². The van der Waals surface area contributed by atoms with Crippen molar-refractivity contribution in [2.45, 2.75) is 0 Å². The molecule has 0 radical (unpaired) electrons. The first-order valence-electron chi connectivity index (χ1n) is 6.78. The zero-order valence-electron chi connectivity index (χ0n) is 11.2. The molecule has 0 saturated carbocycles. The molecule has 0 bridgehead atoms. The summed E-state index contributed by atoms with van der Waals surface area (Å²) in [4.78, 5) is 16.4. The number of hydrogen-bond acceptors (Lipinski definition) is 3. The van der Waals surface area contributed by atoms with Gasteiger partial charge < -0.3 is 5.32 Å². The van der Waals surface area contributed by atoms with Crippen LogP contribution in [-0.4, -0.2) is 10.8 Å². The zero-order valence-corrected chi connectivity index (χ0v) is 11.2. The summed E-state index contributed by atoms with van der Waals surface area (Å²) in [6.07, 6.45) is 6.98. The van der Waals surface area contributed by atoms with Crippen LogP contribution in [0, 0.1) is 0 Å². The molecule has 1 N–H and O–H groups in total. The fraction of sp³-hybridized carbons (Fsp3) is 0. The number of hydrogen-bond donors (Lipinski definition) is 1. The van der Waals surface area contributed by atoms with Crippen molar-refractivity contribution in [1.29, 1.82) is 0 Å².